The quantitative estimate of drug-likeness (QED) is 0.902. The van der Waals surface area contributed by atoms with Gasteiger partial charge in [0.2, 0.25) is 0 Å². The van der Waals surface area contributed by atoms with Crippen LogP contribution in [0, 0.1) is 5.82 Å². The van der Waals surface area contributed by atoms with Gasteiger partial charge in [-0.05, 0) is 36.7 Å². The molecule has 1 heterocycles. The SMILES string of the molecule is CCNC(Cc1cc(Cl)ccc1F)C1COCCO1. The molecular weight excluding hydrogens is 269 g/mol. The van der Waals surface area contributed by atoms with Crippen molar-refractivity contribution in [3.05, 3.63) is 34.6 Å². The standard InChI is InChI=1S/C14H19ClFNO2/c1-2-17-13(14-9-18-5-6-19-14)8-10-7-11(15)3-4-12(10)16/h3-4,7,13-14,17H,2,5-6,8-9H2,1H3. The third-order valence-corrected chi connectivity index (χ3v) is 3.44. The highest BCUT2D eigenvalue weighted by atomic mass is 35.5. The summed E-state index contributed by atoms with van der Waals surface area (Å²) in [6, 6.07) is 4.66. The maximum atomic E-state index is 13.8. The fourth-order valence-electron chi connectivity index (χ4n) is 2.27. The van der Waals surface area contributed by atoms with Gasteiger partial charge in [0.25, 0.3) is 0 Å². The summed E-state index contributed by atoms with van der Waals surface area (Å²) in [5, 5.41) is 3.88. The van der Waals surface area contributed by atoms with Crippen molar-refractivity contribution in [2.24, 2.45) is 0 Å². The lowest BCUT2D eigenvalue weighted by Gasteiger charge is -2.31. The molecule has 19 heavy (non-hydrogen) atoms. The molecule has 1 fully saturated rings. The summed E-state index contributed by atoms with van der Waals surface area (Å²) >= 11 is 5.92. The minimum absolute atomic E-state index is 0.0262. The van der Waals surface area contributed by atoms with Gasteiger partial charge in [0, 0.05) is 11.1 Å². The van der Waals surface area contributed by atoms with Crippen molar-refractivity contribution in [2.45, 2.75) is 25.5 Å². The molecule has 0 spiro atoms. The molecule has 2 atom stereocenters. The lowest BCUT2D eigenvalue weighted by molar-refractivity contribution is -0.101. The van der Waals surface area contributed by atoms with Crippen molar-refractivity contribution in [1.82, 2.24) is 5.32 Å². The van der Waals surface area contributed by atoms with Crippen LogP contribution in [0.3, 0.4) is 0 Å². The fourth-order valence-corrected chi connectivity index (χ4v) is 2.47. The highest BCUT2D eigenvalue weighted by Gasteiger charge is 2.25. The molecule has 2 unspecified atom stereocenters. The van der Waals surface area contributed by atoms with Crippen LogP contribution in [-0.2, 0) is 15.9 Å². The second kappa shape index (κ2) is 7.20. The minimum Gasteiger partial charge on any atom is -0.376 e. The Morgan fingerprint density at radius 2 is 2.32 bits per heavy atom. The van der Waals surface area contributed by atoms with Gasteiger partial charge in [-0.3, -0.25) is 0 Å². The molecule has 0 saturated carbocycles. The molecule has 2 rings (SSSR count). The van der Waals surface area contributed by atoms with Crippen LogP contribution in [-0.4, -0.2) is 38.5 Å². The van der Waals surface area contributed by atoms with E-state index < -0.39 is 0 Å². The summed E-state index contributed by atoms with van der Waals surface area (Å²) in [6.07, 6.45) is 0.487. The molecule has 1 aromatic rings. The van der Waals surface area contributed by atoms with Gasteiger partial charge in [0.15, 0.2) is 0 Å². The molecule has 0 bridgehead atoms. The smallest absolute Gasteiger partial charge is 0.126 e. The average Bonchev–Trinajstić information content (AvgIpc) is 2.43. The largest absolute Gasteiger partial charge is 0.376 e. The van der Waals surface area contributed by atoms with E-state index in [-0.39, 0.29) is 18.0 Å². The number of hydrogen-bond acceptors (Lipinski definition) is 3. The highest BCUT2D eigenvalue weighted by Crippen LogP contribution is 2.18. The van der Waals surface area contributed by atoms with E-state index in [0.29, 0.717) is 36.8 Å². The molecular formula is C14H19ClFNO2. The van der Waals surface area contributed by atoms with Gasteiger partial charge >= 0.3 is 0 Å². The Kier molecular flexibility index (Phi) is 5.58. The average molecular weight is 288 g/mol. The number of nitrogens with one attached hydrogen (secondary N) is 1. The first kappa shape index (κ1) is 14.7. The number of rotatable bonds is 5. The normalized spacial score (nSPS) is 21.3. The van der Waals surface area contributed by atoms with E-state index in [1.165, 1.54) is 6.07 Å². The third-order valence-electron chi connectivity index (χ3n) is 3.20. The van der Waals surface area contributed by atoms with E-state index in [0.717, 1.165) is 6.54 Å². The van der Waals surface area contributed by atoms with Crippen LogP contribution in [0.4, 0.5) is 4.39 Å². The van der Waals surface area contributed by atoms with Crippen molar-refractivity contribution in [2.75, 3.05) is 26.4 Å². The van der Waals surface area contributed by atoms with Gasteiger partial charge < -0.3 is 14.8 Å². The second-order valence-corrected chi connectivity index (χ2v) is 5.02. The van der Waals surface area contributed by atoms with E-state index in [2.05, 4.69) is 5.32 Å². The lowest BCUT2D eigenvalue weighted by atomic mass is 10.0. The molecule has 1 saturated heterocycles. The topological polar surface area (TPSA) is 30.5 Å². The maximum Gasteiger partial charge on any atom is 0.126 e. The summed E-state index contributed by atoms with van der Waals surface area (Å²) in [7, 11) is 0. The molecule has 5 heteroatoms. The summed E-state index contributed by atoms with van der Waals surface area (Å²) in [4.78, 5) is 0. The van der Waals surface area contributed by atoms with Crippen LogP contribution in [0.2, 0.25) is 5.02 Å². The number of ether oxygens (including phenoxy) is 2. The van der Waals surface area contributed by atoms with Gasteiger partial charge in [-0.25, -0.2) is 4.39 Å². The number of likely N-dealkylation sites (N-methyl/N-ethyl adjacent to an activating group) is 1. The molecule has 0 radical (unpaired) electrons. The Hall–Kier alpha value is -0.680. The number of hydrogen-bond donors (Lipinski definition) is 1. The van der Waals surface area contributed by atoms with Gasteiger partial charge in [-0.15, -0.1) is 0 Å². The van der Waals surface area contributed by atoms with E-state index >= 15 is 0 Å². The van der Waals surface area contributed by atoms with Gasteiger partial charge in [0.05, 0.1) is 25.9 Å². The van der Waals surface area contributed by atoms with Crippen LogP contribution < -0.4 is 5.32 Å². The van der Waals surface area contributed by atoms with Crippen molar-refractivity contribution < 1.29 is 13.9 Å². The molecule has 1 aromatic carbocycles. The van der Waals surface area contributed by atoms with Crippen molar-refractivity contribution in [1.29, 1.82) is 0 Å². The van der Waals surface area contributed by atoms with Crippen molar-refractivity contribution in [3.8, 4) is 0 Å². The second-order valence-electron chi connectivity index (χ2n) is 4.59. The van der Waals surface area contributed by atoms with Crippen LogP contribution >= 0.6 is 11.6 Å². The number of halogens is 2. The Morgan fingerprint density at radius 1 is 1.47 bits per heavy atom. The summed E-state index contributed by atoms with van der Waals surface area (Å²) in [6.45, 7) is 4.57. The summed E-state index contributed by atoms with van der Waals surface area (Å²) < 4.78 is 24.9. The first-order valence-electron chi connectivity index (χ1n) is 6.57. The van der Waals surface area contributed by atoms with Crippen molar-refractivity contribution in [3.63, 3.8) is 0 Å². The lowest BCUT2D eigenvalue weighted by Crippen LogP contribution is -2.48. The third kappa shape index (κ3) is 4.14. The monoisotopic (exact) mass is 287 g/mol. The summed E-state index contributed by atoms with van der Waals surface area (Å²) in [5.74, 6) is -0.232. The zero-order valence-corrected chi connectivity index (χ0v) is 11.8. The van der Waals surface area contributed by atoms with Gasteiger partial charge in [-0.2, -0.15) is 0 Å². The molecule has 0 aromatic heterocycles. The highest BCUT2D eigenvalue weighted by molar-refractivity contribution is 6.30. The molecule has 106 valence electrons. The predicted octanol–water partition coefficient (Wildman–Crippen LogP) is 2.42. The molecule has 0 amide bonds. The van der Waals surface area contributed by atoms with E-state index in [1.807, 2.05) is 6.92 Å². The van der Waals surface area contributed by atoms with Crippen molar-refractivity contribution >= 4 is 11.6 Å². The Balaban J connectivity index is 2.08. The van der Waals surface area contributed by atoms with Gasteiger partial charge in [-0.1, -0.05) is 18.5 Å². The van der Waals surface area contributed by atoms with Crippen LogP contribution in [0.1, 0.15) is 12.5 Å². The molecule has 1 aliphatic rings. The minimum atomic E-state index is -0.232. The van der Waals surface area contributed by atoms with E-state index in [9.17, 15) is 4.39 Å². The van der Waals surface area contributed by atoms with Gasteiger partial charge in [0.1, 0.15) is 5.82 Å². The maximum absolute atomic E-state index is 13.8. The Labute approximate surface area is 118 Å². The van der Waals surface area contributed by atoms with E-state index in [1.54, 1.807) is 12.1 Å². The zero-order chi connectivity index (χ0) is 13.7. The van der Waals surface area contributed by atoms with Crippen LogP contribution in [0.25, 0.3) is 0 Å². The zero-order valence-electron chi connectivity index (χ0n) is 11.0. The first-order chi connectivity index (χ1) is 9.20. The van der Waals surface area contributed by atoms with Crippen LogP contribution in [0.15, 0.2) is 18.2 Å². The molecule has 3 nitrogen and oxygen atoms in total. The number of benzene rings is 1. The Bertz CT molecular complexity index is 410. The van der Waals surface area contributed by atoms with E-state index in [4.69, 9.17) is 21.1 Å². The fraction of sp³-hybridized carbons (Fsp3) is 0.571. The first-order valence-corrected chi connectivity index (χ1v) is 6.95. The molecule has 0 aliphatic carbocycles. The molecule has 1 N–H and O–H groups in total. The Morgan fingerprint density at radius 3 is 3.00 bits per heavy atom. The molecule has 1 aliphatic heterocycles. The predicted molar refractivity (Wildman–Crippen MR) is 73.1 cm³/mol. The summed E-state index contributed by atoms with van der Waals surface area (Å²) in [5.41, 5.74) is 0.604. The van der Waals surface area contributed by atoms with Crippen LogP contribution in [0.5, 0.6) is 0 Å².